The lowest BCUT2D eigenvalue weighted by Gasteiger charge is -2.17. The first-order valence-corrected chi connectivity index (χ1v) is 9.06. The van der Waals surface area contributed by atoms with Gasteiger partial charge in [-0.15, -0.1) is 11.3 Å². The molecule has 25 heavy (non-hydrogen) atoms. The van der Waals surface area contributed by atoms with Crippen LogP contribution in [0.1, 0.15) is 41.3 Å². The third-order valence-corrected chi connectivity index (χ3v) is 5.54. The van der Waals surface area contributed by atoms with Gasteiger partial charge in [-0.05, 0) is 37.7 Å². The van der Waals surface area contributed by atoms with E-state index in [4.69, 9.17) is 4.74 Å². The minimum atomic E-state index is -0.717. The van der Waals surface area contributed by atoms with Crippen LogP contribution in [0.3, 0.4) is 0 Å². The van der Waals surface area contributed by atoms with Gasteiger partial charge in [0.05, 0.1) is 19.1 Å². The molecule has 0 aliphatic heterocycles. The Labute approximate surface area is 148 Å². The molecule has 7 nitrogen and oxygen atoms in total. The van der Waals surface area contributed by atoms with Crippen molar-refractivity contribution in [3.05, 3.63) is 26.6 Å². The number of fused-ring (bicyclic) bond motifs is 3. The van der Waals surface area contributed by atoms with Crippen molar-refractivity contribution in [2.75, 3.05) is 13.7 Å². The number of hydrogen-bond donors (Lipinski definition) is 0. The van der Waals surface area contributed by atoms with Gasteiger partial charge in [0, 0.05) is 4.88 Å². The number of rotatable bonds is 4. The van der Waals surface area contributed by atoms with E-state index in [1.54, 1.807) is 6.92 Å². The molecular formula is C17H20N2O5S. The van der Waals surface area contributed by atoms with Crippen molar-refractivity contribution in [3.63, 3.8) is 0 Å². The minimum absolute atomic E-state index is 0.156. The SMILES string of the molecule is CCOC(=O)c1nc2sc3c(c2c(=O)n1CC(=O)OC)CC[C@H](C)C3. The van der Waals surface area contributed by atoms with Crippen molar-refractivity contribution in [1.29, 1.82) is 0 Å². The number of esters is 2. The summed E-state index contributed by atoms with van der Waals surface area (Å²) in [6.07, 6.45) is 2.72. The highest BCUT2D eigenvalue weighted by molar-refractivity contribution is 7.18. The lowest BCUT2D eigenvalue weighted by Crippen LogP contribution is -2.32. The second-order valence-electron chi connectivity index (χ2n) is 6.16. The molecule has 0 bridgehead atoms. The van der Waals surface area contributed by atoms with Crippen LogP contribution in [0.5, 0.6) is 0 Å². The Morgan fingerprint density at radius 3 is 2.84 bits per heavy atom. The quantitative estimate of drug-likeness (QED) is 0.771. The molecule has 0 fully saturated rings. The number of hydrogen-bond acceptors (Lipinski definition) is 7. The third kappa shape index (κ3) is 3.18. The summed E-state index contributed by atoms with van der Waals surface area (Å²) in [5.74, 6) is -0.935. The molecule has 0 amide bonds. The molecule has 3 rings (SSSR count). The first-order valence-electron chi connectivity index (χ1n) is 8.25. The molecule has 2 aromatic rings. The molecule has 0 N–H and O–H groups in total. The molecule has 2 heterocycles. The van der Waals surface area contributed by atoms with Crippen LogP contribution in [0.2, 0.25) is 0 Å². The highest BCUT2D eigenvalue weighted by atomic mass is 32.1. The fraction of sp³-hybridized carbons (Fsp3) is 0.529. The van der Waals surface area contributed by atoms with Crippen molar-refractivity contribution in [2.24, 2.45) is 5.92 Å². The molecule has 2 aromatic heterocycles. The largest absolute Gasteiger partial charge is 0.468 e. The van der Waals surface area contributed by atoms with Crippen molar-refractivity contribution >= 4 is 33.5 Å². The minimum Gasteiger partial charge on any atom is -0.468 e. The van der Waals surface area contributed by atoms with Gasteiger partial charge in [-0.2, -0.15) is 0 Å². The van der Waals surface area contributed by atoms with E-state index in [2.05, 4.69) is 16.6 Å². The molecule has 1 aliphatic rings. The third-order valence-electron chi connectivity index (χ3n) is 4.39. The number of thiophene rings is 1. The smallest absolute Gasteiger partial charge is 0.374 e. The summed E-state index contributed by atoms with van der Waals surface area (Å²) in [6, 6.07) is 0. The Kier molecular flexibility index (Phi) is 4.89. The number of ether oxygens (including phenoxy) is 2. The zero-order chi connectivity index (χ0) is 18.1. The Balaban J connectivity index is 2.23. The van der Waals surface area contributed by atoms with Gasteiger partial charge >= 0.3 is 11.9 Å². The molecule has 0 saturated heterocycles. The Bertz CT molecular complexity index is 899. The Morgan fingerprint density at radius 1 is 1.40 bits per heavy atom. The summed E-state index contributed by atoms with van der Waals surface area (Å²) in [5, 5.41) is 0.517. The Hall–Kier alpha value is -2.22. The summed E-state index contributed by atoms with van der Waals surface area (Å²) in [7, 11) is 1.23. The predicted molar refractivity (Wildman–Crippen MR) is 93.0 cm³/mol. The van der Waals surface area contributed by atoms with E-state index < -0.39 is 11.9 Å². The van der Waals surface area contributed by atoms with Crippen molar-refractivity contribution in [1.82, 2.24) is 9.55 Å². The molecule has 134 valence electrons. The number of carbonyl (C=O) groups excluding carboxylic acids is 2. The second kappa shape index (κ2) is 6.95. The fourth-order valence-corrected chi connectivity index (χ4v) is 4.49. The molecular weight excluding hydrogens is 344 g/mol. The van der Waals surface area contributed by atoms with Crippen LogP contribution in [0.15, 0.2) is 4.79 Å². The molecule has 0 spiro atoms. The van der Waals surface area contributed by atoms with E-state index in [1.807, 2.05) is 0 Å². The molecule has 0 unspecified atom stereocenters. The van der Waals surface area contributed by atoms with E-state index >= 15 is 0 Å². The molecule has 0 radical (unpaired) electrons. The van der Waals surface area contributed by atoms with Crippen LogP contribution in [-0.4, -0.2) is 35.2 Å². The van der Waals surface area contributed by atoms with Gasteiger partial charge in [0.15, 0.2) is 0 Å². The first-order chi connectivity index (χ1) is 12.0. The average Bonchev–Trinajstić information content (AvgIpc) is 2.94. The van der Waals surface area contributed by atoms with Gasteiger partial charge in [0.2, 0.25) is 5.82 Å². The van der Waals surface area contributed by atoms with Crippen LogP contribution in [0.25, 0.3) is 10.2 Å². The summed E-state index contributed by atoms with van der Waals surface area (Å²) in [4.78, 5) is 43.0. The number of aromatic nitrogens is 2. The molecule has 8 heteroatoms. The van der Waals surface area contributed by atoms with Gasteiger partial charge < -0.3 is 9.47 Å². The molecule has 1 aliphatic carbocycles. The van der Waals surface area contributed by atoms with Crippen molar-refractivity contribution < 1.29 is 19.1 Å². The average molecular weight is 364 g/mol. The maximum absolute atomic E-state index is 13.0. The highest BCUT2D eigenvalue weighted by Gasteiger charge is 2.27. The van der Waals surface area contributed by atoms with Crippen LogP contribution >= 0.6 is 11.3 Å². The zero-order valence-electron chi connectivity index (χ0n) is 14.5. The number of nitrogens with zero attached hydrogens (tertiary/aromatic N) is 2. The zero-order valence-corrected chi connectivity index (χ0v) is 15.3. The van der Waals surface area contributed by atoms with E-state index in [0.717, 1.165) is 34.3 Å². The number of aryl methyl sites for hydroxylation is 1. The molecule has 0 saturated carbocycles. The second-order valence-corrected chi connectivity index (χ2v) is 7.24. The van der Waals surface area contributed by atoms with Gasteiger partial charge in [0.1, 0.15) is 11.4 Å². The number of carbonyl (C=O) groups is 2. The lowest BCUT2D eigenvalue weighted by molar-refractivity contribution is -0.141. The standard InChI is InChI=1S/C17H20N2O5S/c1-4-24-17(22)14-18-15-13(16(21)19(14)8-12(20)23-3)10-6-5-9(2)7-11(10)25-15/h9H,4-8H2,1-3H3/t9-/m0/s1. The Morgan fingerprint density at radius 2 is 2.16 bits per heavy atom. The normalized spacial score (nSPS) is 16.5. The summed E-state index contributed by atoms with van der Waals surface area (Å²) in [5.41, 5.74) is 0.620. The topological polar surface area (TPSA) is 87.5 Å². The summed E-state index contributed by atoms with van der Waals surface area (Å²) in [6.45, 7) is 3.64. The van der Waals surface area contributed by atoms with E-state index in [-0.39, 0.29) is 24.5 Å². The monoisotopic (exact) mass is 364 g/mol. The molecule has 1 atom stereocenters. The van der Waals surface area contributed by atoms with Crippen LogP contribution in [0, 0.1) is 5.92 Å². The predicted octanol–water partition coefficient (Wildman–Crippen LogP) is 1.93. The summed E-state index contributed by atoms with van der Waals surface area (Å²) >= 11 is 1.45. The highest BCUT2D eigenvalue weighted by Crippen LogP contribution is 2.35. The maximum atomic E-state index is 13.0. The van der Waals surface area contributed by atoms with Crippen LogP contribution in [-0.2, 0) is 33.7 Å². The van der Waals surface area contributed by atoms with Gasteiger partial charge in [-0.1, -0.05) is 6.92 Å². The van der Waals surface area contributed by atoms with Crippen LogP contribution in [0.4, 0.5) is 0 Å². The first kappa shape index (κ1) is 17.6. The fourth-order valence-electron chi connectivity index (χ4n) is 3.12. The summed E-state index contributed by atoms with van der Waals surface area (Å²) < 4.78 is 10.7. The lowest BCUT2D eigenvalue weighted by atomic mass is 9.89. The van der Waals surface area contributed by atoms with Crippen LogP contribution < -0.4 is 5.56 Å². The molecule has 0 aromatic carbocycles. The van der Waals surface area contributed by atoms with Gasteiger partial charge in [-0.3, -0.25) is 14.2 Å². The van der Waals surface area contributed by atoms with E-state index in [1.165, 1.54) is 18.4 Å². The van der Waals surface area contributed by atoms with E-state index in [9.17, 15) is 14.4 Å². The van der Waals surface area contributed by atoms with Gasteiger partial charge in [-0.25, -0.2) is 9.78 Å². The maximum Gasteiger partial charge on any atom is 0.374 e. The van der Waals surface area contributed by atoms with E-state index in [0.29, 0.717) is 16.1 Å². The van der Waals surface area contributed by atoms with Crippen molar-refractivity contribution in [2.45, 2.75) is 39.7 Å². The van der Waals surface area contributed by atoms with Crippen molar-refractivity contribution in [3.8, 4) is 0 Å². The number of methoxy groups -OCH3 is 1. The van der Waals surface area contributed by atoms with Gasteiger partial charge in [0.25, 0.3) is 5.56 Å².